The molecule has 0 amide bonds. The molecule has 10 heavy (non-hydrogen) atoms. The molecule has 1 N–H and O–H groups in total. The second-order valence-corrected chi connectivity index (χ2v) is 1.51. The van der Waals surface area contributed by atoms with Crippen molar-refractivity contribution < 1.29 is 24.5 Å². The van der Waals surface area contributed by atoms with Crippen molar-refractivity contribution in [3.63, 3.8) is 0 Å². The summed E-state index contributed by atoms with van der Waals surface area (Å²) >= 11 is 9.12. The van der Waals surface area contributed by atoms with E-state index in [0.717, 1.165) is 0 Å². The van der Waals surface area contributed by atoms with Crippen molar-refractivity contribution in [1.82, 2.24) is 5.39 Å². The fraction of sp³-hybridized carbons (Fsp3) is 0. The Labute approximate surface area is 64.7 Å². The molecule has 0 aromatic carbocycles. The minimum absolute atomic E-state index is 0.565. The van der Waals surface area contributed by atoms with Gasteiger partial charge < -0.3 is 0 Å². The molecule has 0 aliphatic heterocycles. The van der Waals surface area contributed by atoms with Crippen molar-refractivity contribution in [2.75, 3.05) is 0 Å². The zero-order valence-corrected chi connectivity index (χ0v) is 5.80. The maximum Gasteiger partial charge on any atom is 0.427 e. The van der Waals surface area contributed by atoms with Gasteiger partial charge in [0.1, 0.15) is 0 Å². The summed E-state index contributed by atoms with van der Waals surface area (Å²) in [7, 11) is 0. The minimum Gasteiger partial charge on any atom is -0.294 e. The Morgan fingerprint density at radius 3 is 1.70 bits per heavy atom. The lowest BCUT2D eigenvalue weighted by molar-refractivity contribution is -0.452. The Balaban J connectivity index is 3.53. The third-order valence-electron chi connectivity index (χ3n) is 0.300. The van der Waals surface area contributed by atoms with Crippen molar-refractivity contribution in [2.24, 2.45) is 0 Å². The highest BCUT2D eigenvalue weighted by atomic mass is 35.5. The van der Waals surface area contributed by atoms with E-state index < -0.39 is 16.2 Å². The Kier molecular flexibility index (Phi) is 4.05. The van der Waals surface area contributed by atoms with Crippen LogP contribution in [0, 0.1) is 0 Å². The van der Waals surface area contributed by atoms with Gasteiger partial charge in [-0.1, -0.05) is 0 Å². The quantitative estimate of drug-likeness (QED) is 0.521. The molecule has 0 saturated carbocycles. The second-order valence-electron chi connectivity index (χ2n) is 0.896. The van der Waals surface area contributed by atoms with Gasteiger partial charge in [-0.25, -0.2) is 14.8 Å². The first kappa shape index (κ1) is 9.44. The summed E-state index contributed by atoms with van der Waals surface area (Å²) < 4.78 is 0. The van der Waals surface area contributed by atoms with Gasteiger partial charge in [0.05, 0.1) is 0 Å². The molecule has 0 saturated heterocycles. The van der Waals surface area contributed by atoms with Crippen LogP contribution in [0.5, 0.6) is 0 Å². The number of carbonyl (C=O) groups is 2. The Bertz CT molecular complexity index is 133. The molecule has 0 atom stereocenters. The third kappa shape index (κ3) is 5.57. The highest BCUT2D eigenvalue weighted by Gasteiger charge is 2.10. The predicted molar refractivity (Wildman–Crippen MR) is 28.3 cm³/mol. The second kappa shape index (κ2) is 4.29. The van der Waals surface area contributed by atoms with Gasteiger partial charge in [-0.05, 0) is 0 Å². The molecule has 0 spiro atoms. The molecule has 0 fully saturated rings. The fourth-order valence-corrected chi connectivity index (χ4v) is 0.259. The largest absolute Gasteiger partial charge is 0.427 e. The molecule has 8 heteroatoms. The lowest BCUT2D eigenvalue weighted by atomic mass is 11.6. The molecule has 0 aromatic rings. The molecular weight excluding hydrogens is 189 g/mol. The maximum absolute atomic E-state index is 9.74. The monoisotopic (exact) mass is 189 g/mol. The van der Waals surface area contributed by atoms with Gasteiger partial charge in [-0.15, -0.1) is 0 Å². The van der Waals surface area contributed by atoms with Crippen LogP contribution < -0.4 is 0 Å². The molecule has 0 unspecified atom stereocenters. The maximum atomic E-state index is 9.74. The summed E-state index contributed by atoms with van der Waals surface area (Å²) in [4.78, 5) is 26.6. The van der Waals surface area contributed by atoms with E-state index in [1.54, 1.807) is 0 Å². The summed E-state index contributed by atoms with van der Waals surface area (Å²) in [5.41, 5.74) is -2.75. The Hall–Kier alpha value is -0.560. The number of rotatable bonds is 2. The van der Waals surface area contributed by atoms with Crippen LogP contribution in [0.4, 0.5) is 9.59 Å². The van der Waals surface area contributed by atoms with E-state index in [2.05, 4.69) is 32.9 Å². The first-order valence-electron chi connectivity index (χ1n) is 1.76. The van der Waals surface area contributed by atoms with Crippen LogP contribution in [0.15, 0.2) is 0 Å². The standard InChI is InChI=1S/C2HCl2NO5/c3-1(6)9-5(8)10-2(4)7/h8H. The van der Waals surface area contributed by atoms with E-state index in [1.807, 2.05) is 0 Å². The van der Waals surface area contributed by atoms with E-state index in [1.165, 1.54) is 0 Å². The van der Waals surface area contributed by atoms with Crippen LogP contribution in [-0.4, -0.2) is 21.5 Å². The van der Waals surface area contributed by atoms with Gasteiger partial charge in [-0.2, -0.15) is 0 Å². The van der Waals surface area contributed by atoms with Crippen molar-refractivity contribution in [1.29, 1.82) is 0 Å². The SMILES string of the molecule is O=C(Cl)ON(O)OC(=O)Cl. The summed E-state index contributed by atoms with van der Waals surface area (Å²) in [5, 5.41) is 7.60. The molecule has 0 aromatic heterocycles. The first-order valence-corrected chi connectivity index (χ1v) is 2.52. The molecule has 0 heterocycles. The average molecular weight is 190 g/mol. The van der Waals surface area contributed by atoms with Crippen LogP contribution in [0.3, 0.4) is 0 Å². The third-order valence-corrected chi connectivity index (χ3v) is 0.438. The lowest BCUT2D eigenvalue weighted by Crippen LogP contribution is -2.22. The van der Waals surface area contributed by atoms with E-state index in [9.17, 15) is 9.59 Å². The molecule has 0 bridgehead atoms. The smallest absolute Gasteiger partial charge is 0.294 e. The number of nitrogens with zero attached hydrogens (tertiary/aromatic N) is 1. The lowest BCUT2D eigenvalue weighted by Gasteiger charge is -2.06. The predicted octanol–water partition coefficient (Wildman–Crippen LogP) is 1.26. The number of carbonyl (C=O) groups excluding carboxylic acids is 2. The normalized spacial score (nSPS) is 9.20. The van der Waals surface area contributed by atoms with Gasteiger partial charge in [-0.3, -0.25) is 9.68 Å². The van der Waals surface area contributed by atoms with Crippen molar-refractivity contribution in [3.05, 3.63) is 0 Å². The molecule has 0 aliphatic rings. The topological polar surface area (TPSA) is 76.1 Å². The zero-order chi connectivity index (χ0) is 8.15. The van der Waals surface area contributed by atoms with Crippen molar-refractivity contribution in [3.8, 4) is 0 Å². The van der Waals surface area contributed by atoms with Crippen LogP contribution in [-0.2, 0) is 9.68 Å². The summed E-state index contributed by atoms with van der Waals surface area (Å²) in [6.07, 6.45) is 0. The molecular formula is C2HCl2NO5. The van der Waals surface area contributed by atoms with Crippen LogP contribution in [0.1, 0.15) is 0 Å². The summed E-state index contributed by atoms with van der Waals surface area (Å²) in [6, 6.07) is 0. The molecule has 6 nitrogen and oxygen atoms in total. The van der Waals surface area contributed by atoms with Gasteiger partial charge in [0.2, 0.25) is 0 Å². The molecule has 0 radical (unpaired) electrons. The van der Waals surface area contributed by atoms with E-state index in [-0.39, 0.29) is 0 Å². The minimum atomic E-state index is -1.37. The van der Waals surface area contributed by atoms with Crippen LogP contribution >= 0.6 is 23.2 Å². The van der Waals surface area contributed by atoms with Gasteiger partial charge >= 0.3 is 10.9 Å². The number of halogens is 2. The van der Waals surface area contributed by atoms with Gasteiger partial charge in [0.25, 0.3) is 0 Å². The van der Waals surface area contributed by atoms with Gasteiger partial charge in [0, 0.05) is 23.2 Å². The Morgan fingerprint density at radius 1 is 1.20 bits per heavy atom. The molecule has 0 aliphatic carbocycles. The fourth-order valence-electron chi connectivity index (χ4n) is 0.141. The molecule has 58 valence electrons. The van der Waals surface area contributed by atoms with Gasteiger partial charge in [0.15, 0.2) is 5.39 Å². The average Bonchev–Trinajstić information content (AvgIpc) is 1.58. The van der Waals surface area contributed by atoms with E-state index in [0.29, 0.717) is 0 Å². The van der Waals surface area contributed by atoms with E-state index in [4.69, 9.17) is 5.21 Å². The molecule has 0 rings (SSSR count). The van der Waals surface area contributed by atoms with Crippen LogP contribution in [0.25, 0.3) is 0 Å². The van der Waals surface area contributed by atoms with E-state index >= 15 is 0 Å². The summed E-state index contributed by atoms with van der Waals surface area (Å²) in [5.74, 6) is 0. The van der Waals surface area contributed by atoms with Crippen LogP contribution in [0.2, 0.25) is 0 Å². The van der Waals surface area contributed by atoms with Crippen molar-refractivity contribution >= 4 is 34.1 Å². The Morgan fingerprint density at radius 2 is 1.50 bits per heavy atom. The number of hydrogen-bond acceptors (Lipinski definition) is 6. The first-order chi connectivity index (χ1) is 4.52. The zero-order valence-electron chi connectivity index (χ0n) is 4.28. The highest BCUT2D eigenvalue weighted by molar-refractivity contribution is 6.61. The number of hydrogen-bond donors (Lipinski definition) is 1. The van der Waals surface area contributed by atoms with Crippen molar-refractivity contribution in [2.45, 2.75) is 0 Å². The summed E-state index contributed by atoms with van der Waals surface area (Å²) in [6.45, 7) is 0. The highest BCUT2D eigenvalue weighted by Crippen LogP contribution is 1.95.